The molecule has 0 aromatic carbocycles. The van der Waals surface area contributed by atoms with E-state index in [1.807, 2.05) is 6.92 Å². The van der Waals surface area contributed by atoms with Gasteiger partial charge in [-0.15, -0.1) is 0 Å². The molecule has 0 aromatic heterocycles. The predicted molar refractivity (Wildman–Crippen MR) is 76.1 cm³/mol. The minimum Gasteiger partial charge on any atom is -0.468 e. The number of esters is 1. The number of carbonyl (C=O) groups excluding carboxylic acids is 1. The molecule has 19 heavy (non-hydrogen) atoms. The monoisotopic (exact) mass is 268 g/mol. The third-order valence-electron chi connectivity index (χ3n) is 4.58. The van der Waals surface area contributed by atoms with Gasteiger partial charge in [-0.3, -0.25) is 10.1 Å². The largest absolute Gasteiger partial charge is 0.468 e. The Labute approximate surface area is 116 Å². The minimum atomic E-state index is -0.521. The van der Waals surface area contributed by atoms with Gasteiger partial charge in [0.1, 0.15) is 5.54 Å². The standard InChI is InChI=1S/C15H28N2O2/c1-12-6-4-5-10-17(12)11-9-15(2,14(18)19-3)16-13-7-8-13/h12-13,16H,4-11H2,1-3H3. The highest BCUT2D eigenvalue weighted by Gasteiger charge is 2.39. The topological polar surface area (TPSA) is 41.6 Å². The summed E-state index contributed by atoms with van der Waals surface area (Å²) in [7, 11) is 1.48. The summed E-state index contributed by atoms with van der Waals surface area (Å²) >= 11 is 0. The molecule has 1 saturated heterocycles. The van der Waals surface area contributed by atoms with Crippen molar-refractivity contribution in [3.05, 3.63) is 0 Å². The van der Waals surface area contributed by atoms with Crippen molar-refractivity contribution in [2.45, 2.75) is 70.0 Å². The molecule has 2 unspecified atom stereocenters. The Kier molecular flexibility index (Phi) is 4.85. The first kappa shape index (κ1) is 14.8. The number of carbonyl (C=O) groups is 1. The van der Waals surface area contributed by atoms with Crippen LogP contribution in [0.3, 0.4) is 0 Å². The molecule has 0 spiro atoms. The summed E-state index contributed by atoms with van der Waals surface area (Å²) in [5.41, 5.74) is -0.521. The van der Waals surface area contributed by atoms with Crippen molar-refractivity contribution in [3.8, 4) is 0 Å². The quantitative estimate of drug-likeness (QED) is 0.748. The van der Waals surface area contributed by atoms with Crippen LogP contribution in [0.25, 0.3) is 0 Å². The predicted octanol–water partition coefficient (Wildman–Crippen LogP) is 1.93. The first-order chi connectivity index (χ1) is 9.05. The Bertz CT molecular complexity index is 317. The van der Waals surface area contributed by atoms with E-state index < -0.39 is 5.54 Å². The molecule has 4 heteroatoms. The van der Waals surface area contributed by atoms with Gasteiger partial charge in [-0.1, -0.05) is 6.42 Å². The van der Waals surface area contributed by atoms with Crippen molar-refractivity contribution in [1.29, 1.82) is 0 Å². The molecule has 2 atom stereocenters. The third-order valence-corrected chi connectivity index (χ3v) is 4.58. The highest BCUT2D eigenvalue weighted by Crippen LogP contribution is 2.26. The zero-order valence-corrected chi connectivity index (χ0v) is 12.6. The van der Waals surface area contributed by atoms with Crippen LogP contribution in [-0.2, 0) is 9.53 Å². The Morgan fingerprint density at radius 1 is 1.37 bits per heavy atom. The summed E-state index contributed by atoms with van der Waals surface area (Å²) in [6.45, 7) is 6.43. The van der Waals surface area contributed by atoms with E-state index in [1.54, 1.807) is 0 Å². The molecular weight excluding hydrogens is 240 g/mol. The van der Waals surface area contributed by atoms with Crippen molar-refractivity contribution in [2.24, 2.45) is 0 Å². The number of nitrogens with zero attached hydrogens (tertiary/aromatic N) is 1. The number of rotatable bonds is 6. The van der Waals surface area contributed by atoms with Gasteiger partial charge in [-0.2, -0.15) is 0 Å². The Morgan fingerprint density at radius 3 is 2.68 bits per heavy atom. The second kappa shape index (κ2) is 6.23. The molecule has 2 aliphatic rings. The lowest BCUT2D eigenvalue weighted by Crippen LogP contribution is -2.53. The molecule has 1 saturated carbocycles. The van der Waals surface area contributed by atoms with Crippen LogP contribution in [0.5, 0.6) is 0 Å². The minimum absolute atomic E-state index is 0.121. The molecule has 0 bridgehead atoms. The lowest BCUT2D eigenvalue weighted by Gasteiger charge is -2.36. The van der Waals surface area contributed by atoms with Gasteiger partial charge in [0.25, 0.3) is 0 Å². The van der Waals surface area contributed by atoms with Gasteiger partial charge >= 0.3 is 5.97 Å². The zero-order chi connectivity index (χ0) is 13.9. The van der Waals surface area contributed by atoms with Gasteiger partial charge < -0.3 is 9.64 Å². The summed E-state index contributed by atoms with van der Waals surface area (Å²) < 4.78 is 4.99. The fourth-order valence-corrected chi connectivity index (χ4v) is 2.99. The van der Waals surface area contributed by atoms with Crippen LogP contribution in [0.15, 0.2) is 0 Å². The van der Waals surface area contributed by atoms with Crippen LogP contribution in [0.2, 0.25) is 0 Å². The molecule has 1 aliphatic carbocycles. The maximum atomic E-state index is 12.0. The summed E-state index contributed by atoms with van der Waals surface area (Å²) in [5, 5.41) is 3.47. The van der Waals surface area contributed by atoms with Gasteiger partial charge in [0.2, 0.25) is 0 Å². The first-order valence-corrected chi connectivity index (χ1v) is 7.65. The maximum Gasteiger partial charge on any atom is 0.325 e. The molecule has 0 amide bonds. The zero-order valence-electron chi connectivity index (χ0n) is 12.6. The second-order valence-electron chi connectivity index (χ2n) is 6.37. The molecule has 1 N–H and O–H groups in total. The fourth-order valence-electron chi connectivity index (χ4n) is 2.99. The normalized spacial score (nSPS) is 27.8. The maximum absolute atomic E-state index is 12.0. The van der Waals surface area contributed by atoms with Crippen LogP contribution in [0, 0.1) is 0 Å². The van der Waals surface area contributed by atoms with Crippen molar-refractivity contribution in [2.75, 3.05) is 20.2 Å². The molecule has 0 aromatic rings. The summed E-state index contributed by atoms with van der Waals surface area (Å²) in [6.07, 6.45) is 7.12. The van der Waals surface area contributed by atoms with E-state index >= 15 is 0 Å². The Morgan fingerprint density at radius 2 is 2.11 bits per heavy atom. The van der Waals surface area contributed by atoms with Crippen LogP contribution in [0.4, 0.5) is 0 Å². The Balaban J connectivity index is 1.89. The van der Waals surface area contributed by atoms with Gasteiger partial charge in [0, 0.05) is 18.6 Å². The summed E-state index contributed by atoms with van der Waals surface area (Å²) in [4.78, 5) is 14.6. The molecular formula is C15H28N2O2. The first-order valence-electron chi connectivity index (χ1n) is 7.65. The van der Waals surface area contributed by atoms with Crippen molar-refractivity contribution in [1.82, 2.24) is 10.2 Å². The van der Waals surface area contributed by atoms with E-state index in [0.29, 0.717) is 12.1 Å². The average Bonchev–Trinajstić information content (AvgIpc) is 3.20. The van der Waals surface area contributed by atoms with Crippen LogP contribution in [0.1, 0.15) is 52.4 Å². The summed E-state index contributed by atoms with van der Waals surface area (Å²) in [6, 6.07) is 1.17. The van der Waals surface area contributed by atoms with Gasteiger partial charge in [-0.05, 0) is 52.5 Å². The molecule has 0 radical (unpaired) electrons. The fraction of sp³-hybridized carbons (Fsp3) is 0.933. The molecule has 2 rings (SSSR count). The number of hydrogen-bond donors (Lipinski definition) is 1. The molecule has 4 nitrogen and oxygen atoms in total. The van der Waals surface area contributed by atoms with Gasteiger partial charge in [0.15, 0.2) is 0 Å². The lowest BCUT2D eigenvalue weighted by atomic mass is 9.95. The number of hydrogen-bond acceptors (Lipinski definition) is 4. The summed E-state index contributed by atoms with van der Waals surface area (Å²) in [5.74, 6) is -0.121. The van der Waals surface area contributed by atoms with Crippen molar-refractivity contribution in [3.63, 3.8) is 0 Å². The second-order valence-corrected chi connectivity index (χ2v) is 6.37. The molecule has 110 valence electrons. The van der Waals surface area contributed by atoms with Crippen LogP contribution < -0.4 is 5.32 Å². The number of likely N-dealkylation sites (tertiary alicyclic amines) is 1. The van der Waals surface area contributed by atoms with E-state index in [4.69, 9.17) is 4.74 Å². The van der Waals surface area contributed by atoms with E-state index in [2.05, 4.69) is 17.1 Å². The lowest BCUT2D eigenvalue weighted by molar-refractivity contribution is -0.148. The highest BCUT2D eigenvalue weighted by molar-refractivity contribution is 5.80. The average molecular weight is 268 g/mol. The van der Waals surface area contributed by atoms with Gasteiger partial charge in [-0.25, -0.2) is 0 Å². The number of nitrogens with one attached hydrogen (secondary N) is 1. The van der Waals surface area contributed by atoms with Crippen LogP contribution >= 0.6 is 0 Å². The molecule has 1 heterocycles. The Hall–Kier alpha value is -0.610. The van der Waals surface area contributed by atoms with E-state index in [1.165, 1.54) is 45.8 Å². The van der Waals surface area contributed by atoms with Crippen molar-refractivity contribution < 1.29 is 9.53 Å². The SMILES string of the molecule is COC(=O)C(C)(CCN1CCCCC1C)NC1CC1. The molecule has 1 aliphatic heterocycles. The molecule has 2 fully saturated rings. The number of piperidine rings is 1. The smallest absolute Gasteiger partial charge is 0.325 e. The van der Waals surface area contributed by atoms with E-state index in [0.717, 1.165) is 13.0 Å². The highest BCUT2D eigenvalue weighted by atomic mass is 16.5. The van der Waals surface area contributed by atoms with Gasteiger partial charge in [0.05, 0.1) is 7.11 Å². The van der Waals surface area contributed by atoms with Crippen molar-refractivity contribution >= 4 is 5.97 Å². The van der Waals surface area contributed by atoms with E-state index in [-0.39, 0.29) is 5.97 Å². The number of methoxy groups -OCH3 is 1. The van der Waals surface area contributed by atoms with Crippen LogP contribution in [-0.4, -0.2) is 48.7 Å². The third kappa shape index (κ3) is 3.93. The number of ether oxygens (including phenoxy) is 1. The van der Waals surface area contributed by atoms with E-state index in [9.17, 15) is 4.79 Å².